The summed E-state index contributed by atoms with van der Waals surface area (Å²) in [6.45, 7) is 4.81. The highest BCUT2D eigenvalue weighted by Gasteiger charge is 2.25. The van der Waals surface area contributed by atoms with Gasteiger partial charge in [-0.1, -0.05) is 6.92 Å². The smallest absolute Gasteiger partial charge is 0.305 e. The van der Waals surface area contributed by atoms with Crippen molar-refractivity contribution in [3.63, 3.8) is 0 Å². The predicted octanol–water partition coefficient (Wildman–Crippen LogP) is 4.87. The lowest BCUT2D eigenvalue weighted by atomic mass is 9.94. The molecule has 6 heteroatoms. The molecule has 0 radical (unpaired) electrons. The molecule has 0 unspecified atom stereocenters. The second-order valence-electron chi connectivity index (χ2n) is 8.15. The summed E-state index contributed by atoms with van der Waals surface area (Å²) in [7, 11) is 1.69. The third-order valence-corrected chi connectivity index (χ3v) is 5.91. The summed E-state index contributed by atoms with van der Waals surface area (Å²) < 4.78 is 12.7. The minimum absolute atomic E-state index is 0.153. The highest BCUT2D eigenvalue weighted by atomic mass is 16.5. The van der Waals surface area contributed by atoms with Crippen molar-refractivity contribution >= 4 is 11.5 Å². The first-order valence-corrected chi connectivity index (χ1v) is 11.3. The van der Waals surface area contributed by atoms with E-state index in [0.29, 0.717) is 32.0 Å². The molecule has 3 aromatic heterocycles. The molecule has 1 saturated carbocycles. The van der Waals surface area contributed by atoms with Gasteiger partial charge in [-0.05, 0) is 74.3 Å². The second-order valence-corrected chi connectivity index (χ2v) is 8.15. The zero-order valence-electron chi connectivity index (χ0n) is 18.7. The highest BCUT2D eigenvalue weighted by Crippen LogP contribution is 2.41. The standard InChI is InChI=1S/C25H31N3O3/c1-4-20-11-12-23-25(19-13-18(14-26-15-19)17-9-10-17)21(7-6-8-24(29)31-5-2)22(16-30-3)27-28(20)23/h11-15,17H,4-10,16H2,1-3H3. The Morgan fingerprint density at radius 1 is 1.23 bits per heavy atom. The van der Waals surface area contributed by atoms with E-state index in [1.807, 2.05) is 23.8 Å². The van der Waals surface area contributed by atoms with Crippen molar-refractivity contribution in [1.82, 2.24) is 14.6 Å². The van der Waals surface area contributed by atoms with E-state index >= 15 is 0 Å². The molecule has 0 saturated heterocycles. The van der Waals surface area contributed by atoms with Crippen molar-refractivity contribution in [3.05, 3.63) is 53.1 Å². The van der Waals surface area contributed by atoms with Crippen LogP contribution in [-0.4, -0.2) is 34.3 Å². The summed E-state index contributed by atoms with van der Waals surface area (Å²) in [6, 6.07) is 6.57. The molecule has 1 aliphatic carbocycles. The summed E-state index contributed by atoms with van der Waals surface area (Å²) in [4.78, 5) is 16.5. The van der Waals surface area contributed by atoms with Crippen LogP contribution in [0.5, 0.6) is 0 Å². The number of hydrogen-bond donors (Lipinski definition) is 0. The van der Waals surface area contributed by atoms with Crippen molar-refractivity contribution in [2.24, 2.45) is 0 Å². The lowest BCUT2D eigenvalue weighted by Gasteiger charge is -2.17. The summed E-state index contributed by atoms with van der Waals surface area (Å²) >= 11 is 0. The number of carbonyl (C=O) groups excluding carboxylic acids is 1. The van der Waals surface area contributed by atoms with E-state index in [1.54, 1.807) is 7.11 Å². The average molecular weight is 422 g/mol. The molecule has 0 aliphatic heterocycles. The number of aromatic nitrogens is 3. The number of esters is 1. The number of ether oxygens (including phenoxy) is 2. The summed E-state index contributed by atoms with van der Waals surface area (Å²) in [5.74, 6) is 0.480. The van der Waals surface area contributed by atoms with E-state index in [-0.39, 0.29) is 5.97 Å². The van der Waals surface area contributed by atoms with Gasteiger partial charge in [-0.25, -0.2) is 4.52 Å². The van der Waals surface area contributed by atoms with Crippen LogP contribution in [0.1, 0.15) is 68.0 Å². The molecule has 31 heavy (non-hydrogen) atoms. The van der Waals surface area contributed by atoms with Gasteiger partial charge < -0.3 is 9.47 Å². The number of aryl methyl sites for hydroxylation is 1. The van der Waals surface area contributed by atoms with Gasteiger partial charge in [0.25, 0.3) is 0 Å². The van der Waals surface area contributed by atoms with Gasteiger partial charge in [0.15, 0.2) is 0 Å². The van der Waals surface area contributed by atoms with E-state index in [4.69, 9.17) is 14.6 Å². The fourth-order valence-corrected chi connectivity index (χ4v) is 4.25. The molecule has 0 N–H and O–H groups in total. The van der Waals surface area contributed by atoms with Crippen molar-refractivity contribution in [3.8, 4) is 11.1 Å². The molecule has 4 rings (SSSR count). The van der Waals surface area contributed by atoms with E-state index in [9.17, 15) is 4.79 Å². The van der Waals surface area contributed by atoms with Gasteiger partial charge in [0.2, 0.25) is 0 Å². The summed E-state index contributed by atoms with van der Waals surface area (Å²) in [5.41, 5.74) is 7.86. The molecule has 3 heterocycles. The molecule has 6 nitrogen and oxygen atoms in total. The highest BCUT2D eigenvalue weighted by molar-refractivity contribution is 5.84. The summed E-state index contributed by atoms with van der Waals surface area (Å²) in [6.07, 6.45) is 9.15. The van der Waals surface area contributed by atoms with Gasteiger partial charge in [-0.2, -0.15) is 5.10 Å². The molecule has 1 fully saturated rings. The van der Waals surface area contributed by atoms with Crippen molar-refractivity contribution < 1.29 is 14.3 Å². The van der Waals surface area contributed by atoms with Gasteiger partial charge in [0.05, 0.1) is 24.4 Å². The number of rotatable bonds is 10. The van der Waals surface area contributed by atoms with Crippen LogP contribution in [-0.2, 0) is 33.7 Å². The van der Waals surface area contributed by atoms with Crippen LogP contribution >= 0.6 is 0 Å². The number of methoxy groups -OCH3 is 1. The minimum atomic E-state index is -0.153. The topological polar surface area (TPSA) is 65.7 Å². The maximum atomic E-state index is 11.9. The Kier molecular flexibility index (Phi) is 6.66. The quantitative estimate of drug-likeness (QED) is 0.437. The zero-order valence-corrected chi connectivity index (χ0v) is 18.7. The average Bonchev–Trinajstić information content (AvgIpc) is 3.55. The Bertz CT molecular complexity index is 1070. The largest absolute Gasteiger partial charge is 0.466 e. The van der Waals surface area contributed by atoms with Crippen molar-refractivity contribution in [1.29, 1.82) is 0 Å². The van der Waals surface area contributed by atoms with E-state index in [2.05, 4.69) is 30.1 Å². The number of fused-ring (bicyclic) bond motifs is 1. The molecule has 0 bridgehead atoms. The number of hydrogen-bond acceptors (Lipinski definition) is 5. The molecule has 3 aromatic rings. The van der Waals surface area contributed by atoms with Crippen LogP contribution in [0.4, 0.5) is 0 Å². The van der Waals surface area contributed by atoms with Crippen LogP contribution in [0, 0.1) is 0 Å². The molecule has 164 valence electrons. The van der Waals surface area contributed by atoms with Gasteiger partial charge in [0.1, 0.15) is 0 Å². The van der Waals surface area contributed by atoms with E-state index in [0.717, 1.165) is 46.4 Å². The third-order valence-electron chi connectivity index (χ3n) is 5.91. The van der Waals surface area contributed by atoms with Crippen molar-refractivity contribution in [2.75, 3.05) is 13.7 Å². The van der Waals surface area contributed by atoms with Gasteiger partial charge in [0, 0.05) is 42.7 Å². The summed E-state index contributed by atoms with van der Waals surface area (Å²) in [5, 5.41) is 4.94. The SMILES string of the molecule is CCOC(=O)CCCc1c(COC)nn2c(CC)ccc2c1-c1cncc(C2CC2)c1. The van der Waals surface area contributed by atoms with Crippen LogP contribution < -0.4 is 0 Å². The predicted molar refractivity (Wildman–Crippen MR) is 120 cm³/mol. The molecule has 0 aromatic carbocycles. The number of carbonyl (C=O) groups is 1. The molecule has 1 aliphatic rings. The Morgan fingerprint density at radius 3 is 2.77 bits per heavy atom. The van der Waals surface area contributed by atoms with Crippen LogP contribution in [0.2, 0.25) is 0 Å². The molecular weight excluding hydrogens is 390 g/mol. The monoisotopic (exact) mass is 421 g/mol. The van der Waals surface area contributed by atoms with Crippen LogP contribution in [0.25, 0.3) is 16.6 Å². The molecule has 0 spiro atoms. The van der Waals surface area contributed by atoms with Gasteiger partial charge >= 0.3 is 5.97 Å². The first-order chi connectivity index (χ1) is 15.2. The Hall–Kier alpha value is -2.73. The van der Waals surface area contributed by atoms with E-state index < -0.39 is 0 Å². The third kappa shape index (κ3) is 4.64. The fourth-order valence-electron chi connectivity index (χ4n) is 4.25. The Labute approximate surface area is 183 Å². The second kappa shape index (κ2) is 9.60. The van der Waals surface area contributed by atoms with Crippen molar-refractivity contribution in [2.45, 2.75) is 64.9 Å². The Balaban J connectivity index is 1.82. The molecular formula is C25H31N3O3. The number of pyridine rings is 1. The maximum Gasteiger partial charge on any atom is 0.305 e. The van der Waals surface area contributed by atoms with Gasteiger partial charge in [-0.15, -0.1) is 0 Å². The minimum Gasteiger partial charge on any atom is -0.466 e. The number of nitrogens with zero attached hydrogens (tertiary/aromatic N) is 3. The lowest BCUT2D eigenvalue weighted by molar-refractivity contribution is -0.143. The lowest BCUT2D eigenvalue weighted by Crippen LogP contribution is -2.11. The zero-order chi connectivity index (χ0) is 21.8. The first kappa shape index (κ1) is 21.5. The molecule has 0 atom stereocenters. The van der Waals surface area contributed by atoms with Gasteiger partial charge in [-0.3, -0.25) is 9.78 Å². The normalized spacial score (nSPS) is 13.6. The van der Waals surface area contributed by atoms with Crippen LogP contribution in [0.3, 0.4) is 0 Å². The van der Waals surface area contributed by atoms with Crippen LogP contribution in [0.15, 0.2) is 30.6 Å². The maximum absolute atomic E-state index is 11.9. The first-order valence-electron chi connectivity index (χ1n) is 11.3. The fraction of sp³-hybridized carbons (Fsp3) is 0.480. The van der Waals surface area contributed by atoms with E-state index in [1.165, 1.54) is 18.4 Å². The Morgan fingerprint density at radius 2 is 2.06 bits per heavy atom. The molecule has 0 amide bonds.